The van der Waals surface area contributed by atoms with E-state index in [0.29, 0.717) is 5.56 Å². The highest BCUT2D eigenvalue weighted by Gasteiger charge is 2.18. The molecule has 3 heteroatoms. The molecule has 0 aliphatic rings. The number of aliphatic carboxylic acids is 1. The van der Waals surface area contributed by atoms with Gasteiger partial charge in [0, 0.05) is 5.56 Å². The smallest absolute Gasteiger partial charge is 0.310 e. The topological polar surface area (TPSA) is 57.5 Å². The molecular weight excluding hydrogens is 276 g/mol. The molecule has 3 aromatic rings. The summed E-state index contributed by atoms with van der Waals surface area (Å²) in [5.41, 5.74) is 2.31. The summed E-state index contributed by atoms with van der Waals surface area (Å²) < 4.78 is 0. The van der Waals surface area contributed by atoms with E-state index in [1.807, 2.05) is 48.5 Å². The van der Waals surface area contributed by atoms with Crippen molar-refractivity contribution < 1.29 is 15.0 Å². The van der Waals surface area contributed by atoms with Crippen LogP contribution in [0.15, 0.2) is 60.7 Å². The number of fused-ring (bicyclic) bond motifs is 1. The normalized spacial score (nSPS) is 12.2. The molecular formula is C19H16O3. The zero-order valence-corrected chi connectivity index (χ0v) is 12.2. The van der Waals surface area contributed by atoms with Crippen LogP contribution in [0.25, 0.3) is 21.9 Å². The second kappa shape index (κ2) is 5.53. The maximum Gasteiger partial charge on any atom is 0.310 e. The summed E-state index contributed by atoms with van der Waals surface area (Å²) in [6, 6.07) is 19.2. The van der Waals surface area contributed by atoms with Crippen molar-refractivity contribution in [2.45, 2.75) is 12.8 Å². The van der Waals surface area contributed by atoms with Gasteiger partial charge in [-0.1, -0.05) is 54.6 Å². The minimum Gasteiger partial charge on any atom is -0.508 e. The second-order valence-corrected chi connectivity index (χ2v) is 5.36. The Balaban J connectivity index is 2.12. The first-order valence-electron chi connectivity index (χ1n) is 7.12. The molecule has 1 atom stereocenters. The average molecular weight is 292 g/mol. The van der Waals surface area contributed by atoms with Gasteiger partial charge in [-0.2, -0.15) is 0 Å². The van der Waals surface area contributed by atoms with E-state index in [-0.39, 0.29) is 5.75 Å². The van der Waals surface area contributed by atoms with Gasteiger partial charge in [0.25, 0.3) is 0 Å². The Kier molecular flexibility index (Phi) is 3.55. The van der Waals surface area contributed by atoms with Gasteiger partial charge < -0.3 is 10.2 Å². The number of benzene rings is 3. The Morgan fingerprint density at radius 2 is 1.73 bits per heavy atom. The Hall–Kier alpha value is -2.81. The summed E-state index contributed by atoms with van der Waals surface area (Å²) in [5, 5.41) is 21.5. The molecule has 3 aromatic carbocycles. The molecule has 0 fully saturated rings. The van der Waals surface area contributed by atoms with Crippen LogP contribution in [-0.2, 0) is 4.79 Å². The van der Waals surface area contributed by atoms with Crippen molar-refractivity contribution in [3.63, 3.8) is 0 Å². The minimum atomic E-state index is -0.951. The van der Waals surface area contributed by atoms with Crippen LogP contribution in [0.5, 0.6) is 5.75 Å². The summed E-state index contributed by atoms with van der Waals surface area (Å²) in [5.74, 6) is -1.67. The van der Waals surface area contributed by atoms with E-state index >= 15 is 0 Å². The quantitative estimate of drug-likeness (QED) is 0.752. The Morgan fingerprint density at radius 1 is 1.00 bits per heavy atom. The van der Waals surface area contributed by atoms with E-state index in [0.717, 1.165) is 21.9 Å². The van der Waals surface area contributed by atoms with Crippen molar-refractivity contribution in [2.24, 2.45) is 0 Å². The number of phenolic OH excluding ortho intramolecular Hbond substituents is 1. The second-order valence-electron chi connectivity index (χ2n) is 5.36. The Labute approximate surface area is 128 Å². The van der Waals surface area contributed by atoms with Gasteiger partial charge in [0.05, 0.1) is 5.92 Å². The summed E-state index contributed by atoms with van der Waals surface area (Å²) >= 11 is 0. The number of aromatic hydroxyl groups is 1. The van der Waals surface area contributed by atoms with Crippen molar-refractivity contribution in [3.05, 3.63) is 66.2 Å². The van der Waals surface area contributed by atoms with E-state index in [1.165, 1.54) is 0 Å². The third-order valence-electron chi connectivity index (χ3n) is 3.97. The molecule has 22 heavy (non-hydrogen) atoms. The van der Waals surface area contributed by atoms with Crippen LogP contribution in [0, 0.1) is 0 Å². The molecule has 2 N–H and O–H groups in total. The SMILES string of the molecule is CC(C(=O)O)c1ccc(-c2cccc3ccccc23)cc1O. The number of carboxylic acids is 1. The van der Waals surface area contributed by atoms with Crippen LogP contribution in [-0.4, -0.2) is 16.2 Å². The Morgan fingerprint density at radius 3 is 2.45 bits per heavy atom. The first kappa shape index (κ1) is 14.1. The largest absolute Gasteiger partial charge is 0.508 e. The standard InChI is InChI=1S/C19H16O3/c1-12(19(21)22)15-10-9-14(11-18(15)20)17-8-4-6-13-5-2-3-7-16(13)17/h2-12,20H,1H3,(H,21,22). The monoisotopic (exact) mass is 292 g/mol. The number of carboxylic acid groups (broad SMARTS) is 1. The van der Waals surface area contributed by atoms with Crippen LogP contribution in [0.1, 0.15) is 18.4 Å². The van der Waals surface area contributed by atoms with E-state index in [4.69, 9.17) is 5.11 Å². The average Bonchev–Trinajstić information content (AvgIpc) is 2.53. The van der Waals surface area contributed by atoms with Crippen LogP contribution >= 0.6 is 0 Å². The molecule has 110 valence electrons. The van der Waals surface area contributed by atoms with Gasteiger partial charge in [-0.05, 0) is 34.9 Å². The molecule has 0 saturated heterocycles. The molecule has 0 aliphatic carbocycles. The maximum absolute atomic E-state index is 11.1. The summed E-state index contributed by atoms with van der Waals surface area (Å²) in [7, 11) is 0. The molecule has 1 unspecified atom stereocenters. The van der Waals surface area contributed by atoms with Gasteiger partial charge in [0.2, 0.25) is 0 Å². The number of hydrogen-bond donors (Lipinski definition) is 2. The van der Waals surface area contributed by atoms with Gasteiger partial charge in [-0.3, -0.25) is 4.79 Å². The number of hydrogen-bond acceptors (Lipinski definition) is 2. The summed E-state index contributed by atoms with van der Waals surface area (Å²) in [6.45, 7) is 1.56. The third-order valence-corrected chi connectivity index (χ3v) is 3.97. The molecule has 3 nitrogen and oxygen atoms in total. The highest BCUT2D eigenvalue weighted by atomic mass is 16.4. The van der Waals surface area contributed by atoms with Crippen molar-refractivity contribution in [1.82, 2.24) is 0 Å². The zero-order chi connectivity index (χ0) is 15.7. The summed E-state index contributed by atoms with van der Waals surface area (Å²) in [6.07, 6.45) is 0. The highest BCUT2D eigenvalue weighted by molar-refractivity contribution is 5.96. The van der Waals surface area contributed by atoms with Crippen LogP contribution in [0.4, 0.5) is 0 Å². The van der Waals surface area contributed by atoms with Gasteiger partial charge in [-0.15, -0.1) is 0 Å². The Bertz CT molecular complexity index is 847. The van der Waals surface area contributed by atoms with Crippen LogP contribution in [0.2, 0.25) is 0 Å². The van der Waals surface area contributed by atoms with Gasteiger partial charge >= 0.3 is 5.97 Å². The number of rotatable bonds is 3. The van der Waals surface area contributed by atoms with E-state index in [1.54, 1.807) is 19.1 Å². The van der Waals surface area contributed by atoms with E-state index in [2.05, 4.69) is 0 Å². The lowest BCUT2D eigenvalue weighted by Gasteiger charge is -2.12. The molecule has 0 saturated carbocycles. The van der Waals surface area contributed by atoms with Crippen molar-refractivity contribution >= 4 is 16.7 Å². The molecule has 0 radical (unpaired) electrons. The highest BCUT2D eigenvalue weighted by Crippen LogP contribution is 2.34. The number of carbonyl (C=O) groups is 1. The van der Waals surface area contributed by atoms with Gasteiger partial charge in [-0.25, -0.2) is 0 Å². The predicted octanol–water partition coefficient (Wildman–Crippen LogP) is 4.40. The van der Waals surface area contributed by atoms with Gasteiger partial charge in [0.1, 0.15) is 5.75 Å². The molecule has 0 amide bonds. The van der Waals surface area contributed by atoms with Crippen molar-refractivity contribution in [2.75, 3.05) is 0 Å². The lowest BCUT2D eigenvalue weighted by atomic mass is 9.94. The van der Waals surface area contributed by atoms with E-state index < -0.39 is 11.9 Å². The van der Waals surface area contributed by atoms with Crippen molar-refractivity contribution in [1.29, 1.82) is 0 Å². The molecule has 0 aliphatic heterocycles. The molecule has 0 bridgehead atoms. The van der Waals surface area contributed by atoms with Crippen LogP contribution < -0.4 is 0 Å². The molecule has 0 spiro atoms. The number of phenols is 1. The predicted molar refractivity (Wildman–Crippen MR) is 87.1 cm³/mol. The maximum atomic E-state index is 11.1. The van der Waals surface area contributed by atoms with E-state index in [9.17, 15) is 9.90 Å². The molecule has 0 heterocycles. The fraction of sp³-hybridized carbons (Fsp3) is 0.105. The lowest BCUT2D eigenvalue weighted by Crippen LogP contribution is -2.07. The minimum absolute atomic E-state index is 0.0142. The lowest BCUT2D eigenvalue weighted by molar-refractivity contribution is -0.138. The fourth-order valence-electron chi connectivity index (χ4n) is 2.69. The fourth-order valence-corrected chi connectivity index (χ4v) is 2.69. The molecule has 0 aromatic heterocycles. The van der Waals surface area contributed by atoms with Crippen molar-refractivity contribution in [3.8, 4) is 16.9 Å². The zero-order valence-electron chi connectivity index (χ0n) is 12.2. The first-order chi connectivity index (χ1) is 10.6. The molecule has 3 rings (SSSR count). The third kappa shape index (κ3) is 2.42. The van der Waals surface area contributed by atoms with Crippen LogP contribution in [0.3, 0.4) is 0 Å². The summed E-state index contributed by atoms with van der Waals surface area (Å²) in [4.78, 5) is 11.1. The van der Waals surface area contributed by atoms with Gasteiger partial charge in [0.15, 0.2) is 0 Å². The first-order valence-corrected chi connectivity index (χ1v) is 7.12.